The molecule has 1 aliphatic carbocycles. The predicted octanol–water partition coefficient (Wildman–Crippen LogP) is 2.84. The topological polar surface area (TPSA) is 102 Å². The number of nitrogens with one attached hydrogen (secondary N) is 2. The molecule has 3 rings (SSSR count). The quantitative estimate of drug-likeness (QED) is 0.739. The number of urea groups is 1. The number of benzene rings is 1. The second-order valence-electron chi connectivity index (χ2n) is 7.39. The van der Waals surface area contributed by atoms with Gasteiger partial charge in [0.15, 0.2) is 0 Å². The third kappa shape index (κ3) is 3.57. The SMILES string of the molecule is CCC1(c2ccc(Cl)cc2)NC(=O)N(CC(=O)NC2(C#N)CCCCC2)C1=O. The monoisotopic (exact) mass is 402 g/mol. The lowest BCUT2D eigenvalue weighted by atomic mass is 9.83. The zero-order chi connectivity index (χ0) is 20.4. The first-order valence-corrected chi connectivity index (χ1v) is 9.86. The van der Waals surface area contributed by atoms with Gasteiger partial charge in [0.05, 0.1) is 6.07 Å². The van der Waals surface area contributed by atoms with Crippen molar-refractivity contribution in [3.63, 3.8) is 0 Å². The van der Waals surface area contributed by atoms with Gasteiger partial charge in [0.25, 0.3) is 5.91 Å². The minimum Gasteiger partial charge on any atom is -0.336 e. The van der Waals surface area contributed by atoms with E-state index in [9.17, 15) is 19.6 Å². The van der Waals surface area contributed by atoms with E-state index in [0.29, 0.717) is 29.8 Å². The van der Waals surface area contributed by atoms with Crippen molar-refractivity contribution in [2.24, 2.45) is 0 Å². The zero-order valence-corrected chi connectivity index (χ0v) is 16.5. The molecule has 28 heavy (non-hydrogen) atoms. The number of hydrogen-bond acceptors (Lipinski definition) is 4. The van der Waals surface area contributed by atoms with Crippen LogP contribution in [0.4, 0.5) is 4.79 Å². The van der Waals surface area contributed by atoms with Gasteiger partial charge in [-0.3, -0.25) is 14.5 Å². The molecule has 0 bridgehead atoms. The van der Waals surface area contributed by atoms with Crippen LogP contribution in [0.2, 0.25) is 5.02 Å². The summed E-state index contributed by atoms with van der Waals surface area (Å²) in [5, 5.41) is 15.5. The van der Waals surface area contributed by atoms with Crippen LogP contribution in [0.15, 0.2) is 24.3 Å². The number of nitrogens with zero attached hydrogens (tertiary/aromatic N) is 2. The minimum absolute atomic E-state index is 0.333. The Morgan fingerprint density at radius 3 is 2.46 bits per heavy atom. The third-order valence-electron chi connectivity index (χ3n) is 5.64. The molecule has 0 radical (unpaired) electrons. The summed E-state index contributed by atoms with van der Waals surface area (Å²) in [5.41, 5.74) is -1.52. The molecule has 2 aliphatic rings. The van der Waals surface area contributed by atoms with E-state index >= 15 is 0 Å². The number of halogens is 1. The summed E-state index contributed by atoms with van der Waals surface area (Å²) in [6.45, 7) is 1.38. The second kappa shape index (κ2) is 7.80. The largest absolute Gasteiger partial charge is 0.336 e. The lowest BCUT2D eigenvalue weighted by Gasteiger charge is -2.32. The smallest absolute Gasteiger partial charge is 0.325 e. The fraction of sp³-hybridized carbons (Fsp3) is 0.500. The highest BCUT2D eigenvalue weighted by Crippen LogP contribution is 2.33. The van der Waals surface area contributed by atoms with E-state index in [0.717, 1.165) is 24.2 Å². The number of amides is 4. The molecule has 148 valence electrons. The van der Waals surface area contributed by atoms with E-state index in [1.54, 1.807) is 31.2 Å². The Morgan fingerprint density at radius 2 is 1.89 bits per heavy atom. The van der Waals surface area contributed by atoms with E-state index in [-0.39, 0.29) is 0 Å². The molecule has 4 amide bonds. The normalized spacial score (nSPS) is 23.8. The van der Waals surface area contributed by atoms with E-state index in [1.165, 1.54) is 0 Å². The van der Waals surface area contributed by atoms with Crippen LogP contribution in [-0.2, 0) is 15.1 Å². The standard InChI is InChI=1S/C20H23ClN4O3/c1-2-20(14-6-8-15(21)9-7-14)17(27)25(18(28)24-20)12-16(26)23-19(13-22)10-4-3-5-11-19/h6-9H,2-5,10-12H2,1H3,(H,23,26)(H,24,28). The van der Waals surface area contributed by atoms with Crippen LogP contribution >= 0.6 is 11.6 Å². The molecule has 1 aromatic rings. The first-order valence-electron chi connectivity index (χ1n) is 9.48. The van der Waals surface area contributed by atoms with Gasteiger partial charge in [0.2, 0.25) is 5.91 Å². The van der Waals surface area contributed by atoms with Crippen LogP contribution < -0.4 is 10.6 Å². The van der Waals surface area contributed by atoms with Gasteiger partial charge in [-0.05, 0) is 37.0 Å². The number of hydrogen-bond donors (Lipinski definition) is 2. The summed E-state index contributed by atoms with van der Waals surface area (Å²) < 4.78 is 0. The Morgan fingerprint density at radius 1 is 1.25 bits per heavy atom. The number of imide groups is 1. The highest BCUT2D eigenvalue weighted by molar-refractivity contribution is 6.30. The maximum Gasteiger partial charge on any atom is 0.325 e. The van der Waals surface area contributed by atoms with Gasteiger partial charge in [0, 0.05) is 5.02 Å². The number of rotatable bonds is 5. The lowest BCUT2D eigenvalue weighted by Crippen LogP contribution is -2.52. The molecule has 1 saturated carbocycles. The zero-order valence-electron chi connectivity index (χ0n) is 15.8. The van der Waals surface area contributed by atoms with Gasteiger partial charge in [0.1, 0.15) is 17.6 Å². The van der Waals surface area contributed by atoms with E-state index < -0.39 is 35.5 Å². The highest BCUT2D eigenvalue weighted by atomic mass is 35.5. The van der Waals surface area contributed by atoms with Gasteiger partial charge >= 0.3 is 6.03 Å². The molecule has 2 N–H and O–H groups in total. The lowest BCUT2D eigenvalue weighted by molar-refractivity contribution is -0.135. The summed E-state index contributed by atoms with van der Waals surface area (Å²) in [5.74, 6) is -0.984. The van der Waals surface area contributed by atoms with Crippen LogP contribution in [0.3, 0.4) is 0 Å². The molecule has 0 spiro atoms. The molecule has 7 nitrogen and oxygen atoms in total. The molecule has 1 aromatic carbocycles. The Hall–Kier alpha value is -2.59. The molecule has 1 atom stereocenters. The first kappa shape index (κ1) is 20.2. The van der Waals surface area contributed by atoms with Crippen molar-refractivity contribution in [3.8, 4) is 6.07 Å². The Labute approximate surface area is 169 Å². The molecule has 2 fully saturated rings. The van der Waals surface area contributed by atoms with Gasteiger partial charge < -0.3 is 10.6 Å². The van der Waals surface area contributed by atoms with Gasteiger partial charge in [-0.25, -0.2) is 4.79 Å². The van der Waals surface area contributed by atoms with Crippen molar-refractivity contribution in [1.29, 1.82) is 5.26 Å². The molecule has 1 saturated heterocycles. The Bertz CT molecular complexity index is 827. The van der Waals surface area contributed by atoms with Gasteiger partial charge in [-0.2, -0.15) is 5.26 Å². The second-order valence-corrected chi connectivity index (χ2v) is 7.83. The number of carbonyl (C=O) groups excluding carboxylic acids is 3. The van der Waals surface area contributed by atoms with Gasteiger partial charge in [-0.15, -0.1) is 0 Å². The average molecular weight is 403 g/mol. The van der Waals surface area contributed by atoms with Crippen molar-refractivity contribution in [3.05, 3.63) is 34.9 Å². The average Bonchev–Trinajstić information content (AvgIpc) is 2.94. The van der Waals surface area contributed by atoms with Crippen LogP contribution in [0.1, 0.15) is 51.0 Å². The van der Waals surface area contributed by atoms with E-state index in [4.69, 9.17) is 11.6 Å². The maximum atomic E-state index is 13.1. The van der Waals surface area contributed by atoms with E-state index in [2.05, 4.69) is 16.7 Å². The van der Waals surface area contributed by atoms with Crippen molar-refractivity contribution < 1.29 is 14.4 Å². The first-order chi connectivity index (χ1) is 13.4. The molecule has 0 aromatic heterocycles. The van der Waals surface area contributed by atoms with Crippen LogP contribution in [0, 0.1) is 11.3 Å². The Balaban J connectivity index is 1.77. The molecule has 1 heterocycles. The van der Waals surface area contributed by atoms with Crippen molar-refractivity contribution >= 4 is 29.4 Å². The Kier molecular flexibility index (Phi) is 5.61. The summed E-state index contributed by atoms with van der Waals surface area (Å²) in [7, 11) is 0. The summed E-state index contributed by atoms with van der Waals surface area (Å²) in [6, 6.07) is 8.29. The molecule has 1 unspecified atom stereocenters. The fourth-order valence-corrected chi connectivity index (χ4v) is 4.14. The molecule has 1 aliphatic heterocycles. The van der Waals surface area contributed by atoms with Crippen molar-refractivity contribution in [2.45, 2.75) is 56.5 Å². The van der Waals surface area contributed by atoms with Crippen molar-refractivity contribution in [1.82, 2.24) is 15.5 Å². The molecule has 8 heteroatoms. The summed E-state index contributed by atoms with van der Waals surface area (Å²) in [4.78, 5) is 39.1. The summed E-state index contributed by atoms with van der Waals surface area (Å²) in [6.07, 6.45) is 4.27. The highest BCUT2D eigenvalue weighted by Gasteiger charge is 2.51. The van der Waals surface area contributed by atoms with Gasteiger partial charge in [-0.1, -0.05) is 49.9 Å². The maximum absolute atomic E-state index is 13.1. The third-order valence-corrected chi connectivity index (χ3v) is 5.90. The summed E-state index contributed by atoms with van der Waals surface area (Å²) >= 11 is 5.93. The van der Waals surface area contributed by atoms with Crippen LogP contribution in [0.25, 0.3) is 0 Å². The van der Waals surface area contributed by atoms with E-state index in [1.807, 2.05) is 0 Å². The number of nitriles is 1. The van der Waals surface area contributed by atoms with Crippen LogP contribution in [-0.4, -0.2) is 34.8 Å². The minimum atomic E-state index is -1.22. The number of carbonyl (C=O) groups is 3. The molecular formula is C20H23ClN4O3. The molecular weight excluding hydrogens is 380 g/mol. The van der Waals surface area contributed by atoms with Crippen molar-refractivity contribution in [2.75, 3.05) is 6.54 Å². The predicted molar refractivity (Wildman–Crippen MR) is 103 cm³/mol. The van der Waals surface area contributed by atoms with Crippen LogP contribution in [0.5, 0.6) is 0 Å². The fourth-order valence-electron chi connectivity index (χ4n) is 4.01.